The zero-order valence-corrected chi connectivity index (χ0v) is 11.2. The third-order valence-electron chi connectivity index (χ3n) is 2.85. The summed E-state index contributed by atoms with van der Waals surface area (Å²) in [5.74, 6) is 0.103. The van der Waals surface area contributed by atoms with E-state index in [2.05, 4.69) is 24.1 Å². The summed E-state index contributed by atoms with van der Waals surface area (Å²) in [4.78, 5) is 13.9. The van der Waals surface area contributed by atoms with E-state index in [1.165, 1.54) is 0 Å². The Morgan fingerprint density at radius 3 is 2.44 bits per heavy atom. The van der Waals surface area contributed by atoms with Crippen molar-refractivity contribution in [3.63, 3.8) is 0 Å². The summed E-state index contributed by atoms with van der Waals surface area (Å²) in [6, 6.07) is 0. The number of nitrogens with one attached hydrogen (secondary N) is 1. The molecule has 0 saturated carbocycles. The molecule has 3 N–H and O–H groups in total. The van der Waals surface area contributed by atoms with Gasteiger partial charge < -0.3 is 11.1 Å². The zero-order chi connectivity index (χ0) is 12.6. The smallest absolute Gasteiger partial charge is 0.234 e. The predicted molar refractivity (Wildman–Crippen MR) is 68.3 cm³/mol. The maximum atomic E-state index is 11.8. The molecule has 16 heavy (non-hydrogen) atoms. The summed E-state index contributed by atoms with van der Waals surface area (Å²) < 4.78 is 0. The highest BCUT2D eigenvalue weighted by molar-refractivity contribution is 5.78. The van der Waals surface area contributed by atoms with Crippen LogP contribution in [0.25, 0.3) is 0 Å². The Morgan fingerprint density at radius 2 is 2.00 bits per heavy atom. The molecule has 4 heteroatoms. The van der Waals surface area contributed by atoms with Gasteiger partial charge in [-0.15, -0.1) is 0 Å². The SMILES string of the molecule is CCN(CCCN)CC(=O)NC(C)(C)CC. The fourth-order valence-corrected chi connectivity index (χ4v) is 1.37. The van der Waals surface area contributed by atoms with Gasteiger partial charge in [0, 0.05) is 5.54 Å². The molecule has 0 aromatic carbocycles. The van der Waals surface area contributed by atoms with Crippen LogP contribution in [0.5, 0.6) is 0 Å². The van der Waals surface area contributed by atoms with E-state index < -0.39 is 0 Å². The normalized spacial score (nSPS) is 11.9. The summed E-state index contributed by atoms with van der Waals surface area (Å²) in [7, 11) is 0. The van der Waals surface area contributed by atoms with Gasteiger partial charge >= 0.3 is 0 Å². The van der Waals surface area contributed by atoms with E-state index in [0.29, 0.717) is 13.1 Å². The van der Waals surface area contributed by atoms with E-state index in [1.807, 2.05) is 13.8 Å². The summed E-state index contributed by atoms with van der Waals surface area (Å²) in [5, 5.41) is 3.04. The van der Waals surface area contributed by atoms with Gasteiger partial charge in [0.15, 0.2) is 0 Å². The van der Waals surface area contributed by atoms with Crippen molar-refractivity contribution in [2.45, 2.75) is 46.1 Å². The number of hydrogen-bond donors (Lipinski definition) is 2. The first-order chi connectivity index (χ1) is 7.45. The number of hydrogen-bond acceptors (Lipinski definition) is 3. The standard InChI is InChI=1S/C12H27N3O/c1-5-12(3,4)14-11(16)10-15(6-2)9-7-8-13/h5-10,13H2,1-4H3,(H,14,16). The Hall–Kier alpha value is -0.610. The fraction of sp³-hybridized carbons (Fsp3) is 0.917. The molecular weight excluding hydrogens is 202 g/mol. The number of nitrogens with zero attached hydrogens (tertiary/aromatic N) is 1. The Labute approximate surface area is 99.6 Å². The van der Waals surface area contributed by atoms with Crippen molar-refractivity contribution >= 4 is 5.91 Å². The molecule has 4 nitrogen and oxygen atoms in total. The van der Waals surface area contributed by atoms with Crippen molar-refractivity contribution in [2.24, 2.45) is 5.73 Å². The average Bonchev–Trinajstić information content (AvgIpc) is 2.23. The van der Waals surface area contributed by atoms with E-state index in [1.54, 1.807) is 0 Å². The molecule has 0 spiro atoms. The first kappa shape index (κ1) is 15.4. The molecule has 0 aliphatic rings. The van der Waals surface area contributed by atoms with Crippen molar-refractivity contribution in [3.8, 4) is 0 Å². The van der Waals surface area contributed by atoms with Gasteiger partial charge in [0.1, 0.15) is 0 Å². The molecule has 0 aliphatic carbocycles. The number of carbonyl (C=O) groups is 1. The maximum Gasteiger partial charge on any atom is 0.234 e. The van der Waals surface area contributed by atoms with Crippen LogP contribution in [0.3, 0.4) is 0 Å². The molecule has 0 bridgehead atoms. The molecule has 0 heterocycles. The molecule has 0 unspecified atom stereocenters. The molecule has 0 aromatic heterocycles. The highest BCUT2D eigenvalue weighted by Crippen LogP contribution is 2.06. The average molecular weight is 229 g/mol. The molecule has 0 rings (SSSR count). The first-order valence-corrected chi connectivity index (χ1v) is 6.18. The summed E-state index contributed by atoms with van der Waals surface area (Å²) >= 11 is 0. The Bertz CT molecular complexity index is 204. The third kappa shape index (κ3) is 6.80. The van der Waals surface area contributed by atoms with Crippen molar-refractivity contribution in [2.75, 3.05) is 26.2 Å². The van der Waals surface area contributed by atoms with Crippen LogP contribution >= 0.6 is 0 Å². The zero-order valence-electron chi connectivity index (χ0n) is 11.2. The van der Waals surface area contributed by atoms with Crippen LogP contribution in [-0.2, 0) is 4.79 Å². The lowest BCUT2D eigenvalue weighted by Crippen LogP contribution is -2.47. The lowest BCUT2D eigenvalue weighted by atomic mass is 10.0. The van der Waals surface area contributed by atoms with Crippen LogP contribution in [0, 0.1) is 0 Å². The summed E-state index contributed by atoms with van der Waals surface area (Å²) in [5.41, 5.74) is 5.35. The number of rotatable bonds is 8. The molecular formula is C12H27N3O. The molecule has 0 fully saturated rings. The van der Waals surface area contributed by atoms with Crippen molar-refractivity contribution in [1.82, 2.24) is 10.2 Å². The third-order valence-corrected chi connectivity index (χ3v) is 2.85. The number of amides is 1. The fourth-order valence-electron chi connectivity index (χ4n) is 1.37. The van der Waals surface area contributed by atoms with Gasteiger partial charge in [-0.1, -0.05) is 13.8 Å². The van der Waals surface area contributed by atoms with Crippen LogP contribution in [0.4, 0.5) is 0 Å². The lowest BCUT2D eigenvalue weighted by molar-refractivity contribution is -0.123. The summed E-state index contributed by atoms with van der Waals surface area (Å²) in [6.45, 7) is 11.2. The molecule has 0 aromatic rings. The highest BCUT2D eigenvalue weighted by Gasteiger charge is 2.18. The second kappa shape index (κ2) is 7.63. The molecule has 0 radical (unpaired) electrons. The van der Waals surface area contributed by atoms with Gasteiger partial charge in [-0.2, -0.15) is 0 Å². The van der Waals surface area contributed by atoms with Crippen molar-refractivity contribution < 1.29 is 4.79 Å². The number of likely N-dealkylation sites (N-methyl/N-ethyl adjacent to an activating group) is 1. The van der Waals surface area contributed by atoms with E-state index in [0.717, 1.165) is 25.9 Å². The molecule has 96 valence electrons. The molecule has 0 atom stereocenters. The van der Waals surface area contributed by atoms with Crippen LogP contribution in [-0.4, -0.2) is 42.5 Å². The topological polar surface area (TPSA) is 58.4 Å². The second-order valence-corrected chi connectivity index (χ2v) is 4.80. The van der Waals surface area contributed by atoms with Gasteiger partial charge in [-0.3, -0.25) is 9.69 Å². The molecule has 1 amide bonds. The van der Waals surface area contributed by atoms with Crippen molar-refractivity contribution in [3.05, 3.63) is 0 Å². The van der Waals surface area contributed by atoms with E-state index in [9.17, 15) is 4.79 Å². The van der Waals surface area contributed by atoms with Gasteiger partial charge in [0.25, 0.3) is 0 Å². The van der Waals surface area contributed by atoms with Crippen LogP contribution in [0.1, 0.15) is 40.5 Å². The minimum atomic E-state index is -0.107. The van der Waals surface area contributed by atoms with Crippen LogP contribution in [0.2, 0.25) is 0 Å². The first-order valence-electron chi connectivity index (χ1n) is 6.18. The molecule has 0 aliphatic heterocycles. The van der Waals surface area contributed by atoms with Crippen molar-refractivity contribution in [1.29, 1.82) is 0 Å². The predicted octanol–water partition coefficient (Wildman–Crippen LogP) is 0.962. The Kier molecular flexibility index (Phi) is 7.34. The highest BCUT2D eigenvalue weighted by atomic mass is 16.2. The quantitative estimate of drug-likeness (QED) is 0.652. The van der Waals surface area contributed by atoms with Gasteiger partial charge in [0.2, 0.25) is 5.91 Å². The van der Waals surface area contributed by atoms with E-state index in [4.69, 9.17) is 5.73 Å². The lowest BCUT2D eigenvalue weighted by Gasteiger charge is -2.27. The number of carbonyl (C=O) groups excluding carboxylic acids is 1. The Morgan fingerprint density at radius 1 is 1.38 bits per heavy atom. The van der Waals surface area contributed by atoms with Gasteiger partial charge in [-0.25, -0.2) is 0 Å². The monoisotopic (exact) mass is 229 g/mol. The van der Waals surface area contributed by atoms with Crippen LogP contribution < -0.4 is 11.1 Å². The largest absolute Gasteiger partial charge is 0.350 e. The Balaban J connectivity index is 4.00. The minimum absolute atomic E-state index is 0.103. The van der Waals surface area contributed by atoms with E-state index >= 15 is 0 Å². The summed E-state index contributed by atoms with van der Waals surface area (Å²) in [6.07, 6.45) is 1.88. The second-order valence-electron chi connectivity index (χ2n) is 4.80. The van der Waals surface area contributed by atoms with Gasteiger partial charge in [0.05, 0.1) is 6.54 Å². The number of nitrogens with two attached hydrogens (primary N) is 1. The van der Waals surface area contributed by atoms with E-state index in [-0.39, 0.29) is 11.4 Å². The maximum absolute atomic E-state index is 11.8. The van der Waals surface area contributed by atoms with Gasteiger partial charge in [-0.05, 0) is 46.3 Å². The molecule has 0 saturated heterocycles. The van der Waals surface area contributed by atoms with Crippen LogP contribution in [0.15, 0.2) is 0 Å². The minimum Gasteiger partial charge on any atom is -0.350 e.